The molecule has 2 aromatic carbocycles. The normalized spacial score (nSPS) is 18.4. The first kappa shape index (κ1) is 24.4. The van der Waals surface area contributed by atoms with E-state index in [-0.39, 0.29) is 0 Å². The Morgan fingerprint density at radius 3 is 1.75 bits per heavy atom. The third-order valence-corrected chi connectivity index (χ3v) is 7.03. The standard InChI is InChI=1S/C32H42/c1-3-5-7-8-10-28-13-17-30(18-14-28)20-22-32-25-23-31(24-26-32)21-19-29-15-11-27(12-16-29)9-6-4-2/h5,7,13-14,17-18,23-27,29H,3-4,6,8-12,15-16,19,21H2,1-2H3/b7-5+. The maximum Gasteiger partial charge on any atom is 0.0249 e. The zero-order valence-electron chi connectivity index (χ0n) is 20.4. The first-order chi connectivity index (χ1) is 15.8. The fourth-order valence-corrected chi connectivity index (χ4v) is 4.86. The summed E-state index contributed by atoms with van der Waals surface area (Å²) in [6.07, 6.45) is 20.5. The van der Waals surface area contributed by atoms with Gasteiger partial charge in [0.15, 0.2) is 0 Å². The molecule has 0 aromatic heterocycles. The molecule has 32 heavy (non-hydrogen) atoms. The van der Waals surface area contributed by atoms with E-state index in [1.165, 1.54) is 68.9 Å². The van der Waals surface area contributed by atoms with Crippen LogP contribution in [0.1, 0.15) is 100 Å². The van der Waals surface area contributed by atoms with Gasteiger partial charge in [0.1, 0.15) is 0 Å². The van der Waals surface area contributed by atoms with Crippen molar-refractivity contribution in [2.75, 3.05) is 0 Å². The highest BCUT2D eigenvalue weighted by atomic mass is 14.3. The predicted molar refractivity (Wildman–Crippen MR) is 140 cm³/mol. The predicted octanol–water partition coefficient (Wildman–Crippen LogP) is 8.91. The van der Waals surface area contributed by atoms with E-state index in [1.807, 2.05) is 0 Å². The Hall–Kier alpha value is -2.26. The molecule has 0 radical (unpaired) electrons. The van der Waals surface area contributed by atoms with Gasteiger partial charge in [-0.05, 0) is 79.3 Å². The van der Waals surface area contributed by atoms with Crippen LogP contribution in [0, 0.1) is 23.7 Å². The highest BCUT2D eigenvalue weighted by molar-refractivity contribution is 5.44. The van der Waals surface area contributed by atoms with Gasteiger partial charge in [0.05, 0.1) is 0 Å². The maximum atomic E-state index is 3.33. The molecule has 0 amide bonds. The Balaban J connectivity index is 1.41. The Bertz CT molecular complexity index is 849. The van der Waals surface area contributed by atoms with Crippen LogP contribution >= 0.6 is 0 Å². The molecule has 0 heterocycles. The van der Waals surface area contributed by atoms with Crippen LogP contribution < -0.4 is 0 Å². The lowest BCUT2D eigenvalue weighted by Gasteiger charge is -2.28. The lowest BCUT2D eigenvalue weighted by atomic mass is 9.78. The van der Waals surface area contributed by atoms with Crippen LogP contribution in [-0.4, -0.2) is 0 Å². The molecule has 170 valence electrons. The third-order valence-electron chi connectivity index (χ3n) is 7.03. The van der Waals surface area contributed by atoms with Crippen molar-refractivity contribution in [2.45, 2.75) is 90.9 Å². The second-order valence-corrected chi connectivity index (χ2v) is 9.63. The minimum absolute atomic E-state index is 0.943. The number of unbranched alkanes of at least 4 members (excludes halogenated alkanes) is 1. The molecule has 3 rings (SSSR count). The number of rotatable bonds is 10. The first-order valence-electron chi connectivity index (χ1n) is 13.1. The van der Waals surface area contributed by atoms with Crippen molar-refractivity contribution < 1.29 is 0 Å². The van der Waals surface area contributed by atoms with E-state index >= 15 is 0 Å². The van der Waals surface area contributed by atoms with Crippen LogP contribution in [0.5, 0.6) is 0 Å². The SMILES string of the molecule is CC/C=C/CCc1ccc(C#Cc2ccc(CCC3CCC(CCCC)CC3)cc2)cc1. The van der Waals surface area contributed by atoms with E-state index in [0.717, 1.165) is 42.2 Å². The summed E-state index contributed by atoms with van der Waals surface area (Å²) in [5, 5.41) is 0. The van der Waals surface area contributed by atoms with Crippen molar-refractivity contribution in [3.8, 4) is 11.8 Å². The smallest absolute Gasteiger partial charge is 0.0249 e. The topological polar surface area (TPSA) is 0 Å². The summed E-state index contributed by atoms with van der Waals surface area (Å²) >= 11 is 0. The molecule has 1 saturated carbocycles. The van der Waals surface area contributed by atoms with E-state index in [2.05, 4.69) is 86.4 Å². The van der Waals surface area contributed by atoms with Crippen LogP contribution in [0.4, 0.5) is 0 Å². The zero-order chi connectivity index (χ0) is 22.4. The van der Waals surface area contributed by atoms with Gasteiger partial charge in [0.2, 0.25) is 0 Å². The number of aryl methyl sites for hydroxylation is 2. The van der Waals surface area contributed by atoms with Crippen molar-refractivity contribution >= 4 is 0 Å². The van der Waals surface area contributed by atoms with Crippen molar-refractivity contribution in [3.05, 3.63) is 82.9 Å². The second-order valence-electron chi connectivity index (χ2n) is 9.63. The molecular formula is C32H42. The average molecular weight is 427 g/mol. The van der Waals surface area contributed by atoms with Gasteiger partial charge in [-0.1, -0.05) is 107 Å². The number of hydrogen-bond acceptors (Lipinski definition) is 0. The van der Waals surface area contributed by atoms with Crippen molar-refractivity contribution in [1.29, 1.82) is 0 Å². The minimum Gasteiger partial charge on any atom is -0.0888 e. The zero-order valence-corrected chi connectivity index (χ0v) is 20.4. The lowest BCUT2D eigenvalue weighted by molar-refractivity contribution is 0.250. The molecule has 0 atom stereocenters. The Morgan fingerprint density at radius 2 is 1.22 bits per heavy atom. The molecule has 1 aliphatic carbocycles. The molecule has 0 N–H and O–H groups in total. The molecule has 0 bridgehead atoms. The molecule has 0 nitrogen and oxygen atoms in total. The minimum atomic E-state index is 0.943. The first-order valence-corrected chi connectivity index (χ1v) is 13.1. The number of hydrogen-bond donors (Lipinski definition) is 0. The van der Waals surface area contributed by atoms with Gasteiger partial charge in [-0.2, -0.15) is 0 Å². The van der Waals surface area contributed by atoms with E-state index in [9.17, 15) is 0 Å². The molecular weight excluding hydrogens is 384 g/mol. The van der Waals surface area contributed by atoms with Gasteiger partial charge >= 0.3 is 0 Å². The Morgan fingerprint density at radius 1 is 0.688 bits per heavy atom. The highest BCUT2D eigenvalue weighted by Crippen LogP contribution is 2.34. The fraction of sp³-hybridized carbons (Fsp3) is 0.500. The van der Waals surface area contributed by atoms with Crippen LogP contribution in [0.2, 0.25) is 0 Å². The van der Waals surface area contributed by atoms with Crippen molar-refractivity contribution in [3.63, 3.8) is 0 Å². The Labute approximate surface area is 197 Å². The fourth-order valence-electron chi connectivity index (χ4n) is 4.86. The number of benzene rings is 2. The maximum absolute atomic E-state index is 3.33. The summed E-state index contributed by atoms with van der Waals surface area (Å²) in [5.74, 6) is 8.62. The van der Waals surface area contributed by atoms with Gasteiger partial charge in [0, 0.05) is 11.1 Å². The van der Waals surface area contributed by atoms with Crippen LogP contribution in [0.3, 0.4) is 0 Å². The van der Waals surface area contributed by atoms with Crippen LogP contribution in [0.15, 0.2) is 60.7 Å². The van der Waals surface area contributed by atoms with Gasteiger partial charge in [-0.15, -0.1) is 0 Å². The largest absolute Gasteiger partial charge is 0.0888 e. The third kappa shape index (κ3) is 8.70. The van der Waals surface area contributed by atoms with Crippen LogP contribution in [-0.2, 0) is 12.8 Å². The molecule has 0 aliphatic heterocycles. The lowest BCUT2D eigenvalue weighted by Crippen LogP contribution is -2.15. The highest BCUT2D eigenvalue weighted by Gasteiger charge is 2.20. The van der Waals surface area contributed by atoms with Gasteiger partial charge in [-0.25, -0.2) is 0 Å². The van der Waals surface area contributed by atoms with E-state index < -0.39 is 0 Å². The summed E-state index contributed by atoms with van der Waals surface area (Å²) in [5.41, 5.74) is 5.05. The van der Waals surface area contributed by atoms with E-state index in [1.54, 1.807) is 0 Å². The summed E-state index contributed by atoms with van der Waals surface area (Å²) in [7, 11) is 0. The Kier molecular flexibility index (Phi) is 10.7. The summed E-state index contributed by atoms with van der Waals surface area (Å²) < 4.78 is 0. The second kappa shape index (κ2) is 14.0. The van der Waals surface area contributed by atoms with Gasteiger partial charge in [0.25, 0.3) is 0 Å². The van der Waals surface area contributed by atoms with Crippen molar-refractivity contribution in [2.24, 2.45) is 11.8 Å². The molecule has 1 aliphatic rings. The molecule has 2 aromatic rings. The molecule has 0 spiro atoms. The summed E-state index contributed by atoms with van der Waals surface area (Å²) in [4.78, 5) is 0. The monoisotopic (exact) mass is 426 g/mol. The van der Waals surface area contributed by atoms with Gasteiger partial charge in [-0.3, -0.25) is 0 Å². The van der Waals surface area contributed by atoms with Crippen molar-refractivity contribution in [1.82, 2.24) is 0 Å². The van der Waals surface area contributed by atoms with Gasteiger partial charge < -0.3 is 0 Å². The quantitative estimate of drug-likeness (QED) is 0.263. The molecule has 0 heteroatoms. The molecule has 0 unspecified atom stereocenters. The number of allylic oxidation sites excluding steroid dienone is 2. The van der Waals surface area contributed by atoms with E-state index in [0.29, 0.717) is 0 Å². The summed E-state index contributed by atoms with van der Waals surface area (Å²) in [6.45, 7) is 4.49. The molecule has 1 fully saturated rings. The molecule has 0 saturated heterocycles. The van der Waals surface area contributed by atoms with Crippen LogP contribution in [0.25, 0.3) is 0 Å². The average Bonchev–Trinajstić information content (AvgIpc) is 2.85. The van der Waals surface area contributed by atoms with E-state index in [4.69, 9.17) is 0 Å². The summed E-state index contributed by atoms with van der Waals surface area (Å²) in [6, 6.07) is 17.7.